The van der Waals surface area contributed by atoms with Crippen LogP contribution in [-0.2, 0) is 4.79 Å². The summed E-state index contributed by atoms with van der Waals surface area (Å²) in [5.74, 6) is -0.752. The van der Waals surface area contributed by atoms with Gasteiger partial charge in [-0.2, -0.15) is 0 Å². The number of carboxylic acid groups (broad SMARTS) is 1. The molecule has 0 bridgehead atoms. The molecule has 3 heteroatoms. The highest BCUT2D eigenvalue weighted by Gasteiger charge is 2.19. The van der Waals surface area contributed by atoms with E-state index in [9.17, 15) is 9.90 Å². The van der Waals surface area contributed by atoms with Crippen molar-refractivity contribution in [2.75, 3.05) is 6.16 Å². The highest BCUT2D eigenvalue weighted by Crippen LogP contribution is 2.35. The predicted octanol–water partition coefficient (Wildman–Crippen LogP) is 3.36. The number of fused-ring (bicyclic) bond motifs is 1. The van der Waals surface area contributed by atoms with E-state index < -0.39 is 13.9 Å². The fraction of sp³-hybridized carbons (Fsp3) is 0.0556. The minimum atomic E-state index is -0.890. The van der Waals surface area contributed by atoms with Crippen LogP contribution in [0.25, 0.3) is 10.8 Å². The van der Waals surface area contributed by atoms with Gasteiger partial charge in [-0.15, -0.1) is 0 Å². The number of carbonyl (C=O) groups is 1. The maximum absolute atomic E-state index is 11.3. The Morgan fingerprint density at radius 3 is 2.29 bits per heavy atom. The summed E-state index contributed by atoms with van der Waals surface area (Å²) in [6, 6.07) is 24.2. The summed E-state index contributed by atoms with van der Waals surface area (Å²) in [6.45, 7) is 0. The molecular weight excluding hydrogens is 279 g/mol. The van der Waals surface area contributed by atoms with Crippen molar-refractivity contribution in [3.05, 3.63) is 72.8 Å². The molecule has 0 aliphatic carbocycles. The summed E-state index contributed by atoms with van der Waals surface area (Å²) in [6.07, 6.45) is 0.160. The molecule has 0 heterocycles. The smallest absolute Gasteiger partial charge is 0.308 e. The van der Waals surface area contributed by atoms with Gasteiger partial charge in [0.2, 0.25) is 0 Å². The molecule has 3 aromatic carbocycles. The minimum Gasteiger partial charge on any atom is -0.481 e. The molecule has 0 radical (unpaired) electrons. The van der Waals surface area contributed by atoms with E-state index in [0.29, 0.717) is 0 Å². The van der Waals surface area contributed by atoms with E-state index in [4.69, 9.17) is 0 Å². The molecule has 0 amide bonds. The van der Waals surface area contributed by atoms with Crippen LogP contribution in [0.2, 0.25) is 0 Å². The number of benzene rings is 3. The quantitative estimate of drug-likeness (QED) is 0.749. The van der Waals surface area contributed by atoms with Gasteiger partial charge in [-0.05, 0) is 29.3 Å². The second-order valence-electron chi connectivity index (χ2n) is 4.81. The van der Waals surface area contributed by atoms with Crippen molar-refractivity contribution in [3.8, 4) is 0 Å². The lowest BCUT2D eigenvalue weighted by Gasteiger charge is -2.18. The molecule has 3 aromatic rings. The first-order valence-electron chi connectivity index (χ1n) is 6.78. The van der Waals surface area contributed by atoms with Gasteiger partial charge >= 0.3 is 5.97 Å². The molecule has 0 spiro atoms. The number of hydrogen-bond acceptors (Lipinski definition) is 1. The Morgan fingerprint density at radius 1 is 0.857 bits per heavy atom. The van der Waals surface area contributed by atoms with E-state index in [1.807, 2.05) is 48.5 Å². The fourth-order valence-corrected chi connectivity index (χ4v) is 4.70. The van der Waals surface area contributed by atoms with E-state index in [0.717, 1.165) is 21.4 Å². The third-order valence-corrected chi connectivity index (χ3v) is 5.90. The Labute approximate surface area is 124 Å². The highest BCUT2D eigenvalue weighted by atomic mass is 31.1. The summed E-state index contributed by atoms with van der Waals surface area (Å²) < 4.78 is 0. The van der Waals surface area contributed by atoms with Crippen molar-refractivity contribution >= 4 is 35.3 Å². The molecule has 0 aromatic heterocycles. The van der Waals surface area contributed by atoms with Crippen LogP contribution < -0.4 is 10.6 Å². The molecular formula is C18H15O2P. The standard InChI is InChI=1S/C18H15O2P/c19-18(20)13-21(15-9-2-1-3-10-15)17-12-6-8-14-7-4-5-11-16(14)17/h1-12H,13H2,(H,19,20)/t21-/m0/s1. The first-order chi connectivity index (χ1) is 10.3. The average Bonchev–Trinajstić information content (AvgIpc) is 2.53. The Morgan fingerprint density at radius 2 is 1.52 bits per heavy atom. The summed E-state index contributed by atoms with van der Waals surface area (Å²) in [5, 5.41) is 13.8. The number of hydrogen-bond donors (Lipinski definition) is 1. The van der Waals surface area contributed by atoms with Gasteiger partial charge in [-0.3, -0.25) is 4.79 Å². The zero-order chi connectivity index (χ0) is 14.7. The summed E-state index contributed by atoms with van der Waals surface area (Å²) in [7, 11) is -0.890. The van der Waals surface area contributed by atoms with Crippen LogP contribution in [0.5, 0.6) is 0 Å². The topological polar surface area (TPSA) is 37.3 Å². The van der Waals surface area contributed by atoms with Gasteiger partial charge < -0.3 is 5.11 Å². The third-order valence-electron chi connectivity index (χ3n) is 3.42. The van der Waals surface area contributed by atoms with Gasteiger partial charge in [0, 0.05) is 0 Å². The summed E-state index contributed by atoms with van der Waals surface area (Å²) in [5.41, 5.74) is 0. The van der Waals surface area contributed by atoms with Crippen molar-refractivity contribution in [1.82, 2.24) is 0 Å². The van der Waals surface area contributed by atoms with Gasteiger partial charge in [0.15, 0.2) is 0 Å². The summed E-state index contributed by atoms with van der Waals surface area (Å²) >= 11 is 0. The molecule has 0 aliphatic rings. The number of aliphatic carboxylic acids is 1. The maximum Gasteiger partial charge on any atom is 0.308 e. The zero-order valence-corrected chi connectivity index (χ0v) is 12.3. The molecule has 0 fully saturated rings. The molecule has 2 nitrogen and oxygen atoms in total. The lowest BCUT2D eigenvalue weighted by Crippen LogP contribution is -2.18. The first kappa shape index (κ1) is 13.8. The summed E-state index contributed by atoms with van der Waals surface area (Å²) in [4.78, 5) is 11.3. The Balaban J connectivity index is 2.17. The molecule has 1 N–H and O–H groups in total. The second kappa shape index (κ2) is 6.07. The molecule has 0 saturated carbocycles. The van der Waals surface area contributed by atoms with Crippen LogP contribution >= 0.6 is 7.92 Å². The lowest BCUT2D eigenvalue weighted by molar-refractivity contribution is -0.134. The first-order valence-corrected chi connectivity index (χ1v) is 8.30. The molecule has 0 aliphatic heterocycles. The molecule has 3 rings (SSSR count). The van der Waals surface area contributed by atoms with Crippen molar-refractivity contribution in [2.45, 2.75) is 0 Å². The van der Waals surface area contributed by atoms with Crippen molar-refractivity contribution < 1.29 is 9.90 Å². The van der Waals surface area contributed by atoms with Crippen molar-refractivity contribution in [1.29, 1.82) is 0 Å². The minimum absolute atomic E-state index is 0.160. The fourth-order valence-electron chi connectivity index (χ4n) is 2.50. The van der Waals surface area contributed by atoms with E-state index in [-0.39, 0.29) is 6.16 Å². The SMILES string of the molecule is O=C(O)C[P@@](c1ccccc1)c1cccc2ccccc12. The van der Waals surface area contributed by atoms with E-state index in [1.54, 1.807) is 0 Å². The molecule has 21 heavy (non-hydrogen) atoms. The van der Waals surface area contributed by atoms with Crippen LogP contribution in [0, 0.1) is 0 Å². The van der Waals surface area contributed by atoms with Gasteiger partial charge in [-0.25, -0.2) is 0 Å². The van der Waals surface area contributed by atoms with Crippen LogP contribution in [0.4, 0.5) is 0 Å². The normalized spacial score (nSPS) is 12.2. The second-order valence-corrected chi connectivity index (χ2v) is 6.98. The molecule has 104 valence electrons. The highest BCUT2D eigenvalue weighted by molar-refractivity contribution is 7.74. The lowest BCUT2D eigenvalue weighted by atomic mass is 10.1. The van der Waals surface area contributed by atoms with Crippen LogP contribution in [0.3, 0.4) is 0 Å². The molecule has 0 unspecified atom stereocenters. The average molecular weight is 294 g/mol. The van der Waals surface area contributed by atoms with Gasteiger partial charge in [0.1, 0.15) is 0 Å². The van der Waals surface area contributed by atoms with Crippen molar-refractivity contribution in [3.63, 3.8) is 0 Å². The van der Waals surface area contributed by atoms with Crippen LogP contribution in [0.1, 0.15) is 0 Å². The third kappa shape index (κ3) is 2.96. The predicted molar refractivity (Wildman–Crippen MR) is 89.1 cm³/mol. The maximum atomic E-state index is 11.3. The Kier molecular flexibility index (Phi) is 3.98. The molecule has 1 atom stereocenters. The van der Waals surface area contributed by atoms with E-state index >= 15 is 0 Å². The van der Waals surface area contributed by atoms with Crippen LogP contribution in [-0.4, -0.2) is 17.2 Å². The Hall–Kier alpha value is -2.18. The number of carboxylic acids is 1. The molecule has 0 saturated heterocycles. The zero-order valence-electron chi connectivity index (χ0n) is 11.4. The Bertz CT molecular complexity index is 763. The van der Waals surface area contributed by atoms with Crippen LogP contribution in [0.15, 0.2) is 72.8 Å². The van der Waals surface area contributed by atoms with Gasteiger partial charge in [-0.1, -0.05) is 72.8 Å². The van der Waals surface area contributed by atoms with E-state index in [1.165, 1.54) is 0 Å². The van der Waals surface area contributed by atoms with Gasteiger partial charge in [0.05, 0.1) is 6.16 Å². The number of rotatable bonds is 4. The van der Waals surface area contributed by atoms with Gasteiger partial charge in [0.25, 0.3) is 0 Å². The monoisotopic (exact) mass is 294 g/mol. The van der Waals surface area contributed by atoms with E-state index in [2.05, 4.69) is 24.3 Å². The largest absolute Gasteiger partial charge is 0.481 e. The van der Waals surface area contributed by atoms with Crippen molar-refractivity contribution in [2.24, 2.45) is 0 Å².